The molecule has 6 nitrogen and oxygen atoms in total. The maximum atomic E-state index is 11.3. The van der Waals surface area contributed by atoms with Gasteiger partial charge in [0.1, 0.15) is 0 Å². The molecular formula is C12H15N3O3. The number of carbonyl (C=O) groups is 1. The summed E-state index contributed by atoms with van der Waals surface area (Å²) in [5.74, 6) is -0.355. The molecule has 1 aromatic carbocycles. The van der Waals surface area contributed by atoms with Gasteiger partial charge >= 0.3 is 0 Å². The second-order valence-corrected chi connectivity index (χ2v) is 4.14. The van der Waals surface area contributed by atoms with Gasteiger partial charge in [-0.3, -0.25) is 14.9 Å². The largest absolute Gasteiger partial charge is 0.273 e. The van der Waals surface area contributed by atoms with Gasteiger partial charge in [-0.1, -0.05) is 26.0 Å². The molecule has 0 bridgehead atoms. The van der Waals surface area contributed by atoms with Crippen LogP contribution in [0.1, 0.15) is 26.3 Å². The molecule has 0 atom stereocenters. The molecule has 0 aliphatic heterocycles. The van der Waals surface area contributed by atoms with E-state index in [0.717, 1.165) is 0 Å². The minimum Gasteiger partial charge on any atom is -0.273 e. The van der Waals surface area contributed by atoms with Gasteiger partial charge in [0, 0.05) is 23.6 Å². The summed E-state index contributed by atoms with van der Waals surface area (Å²) < 4.78 is 0. The van der Waals surface area contributed by atoms with Crippen LogP contribution in [0, 0.1) is 16.0 Å². The van der Waals surface area contributed by atoms with Crippen molar-refractivity contribution in [1.29, 1.82) is 0 Å². The van der Waals surface area contributed by atoms with Crippen molar-refractivity contribution in [2.24, 2.45) is 11.0 Å². The average Bonchev–Trinajstić information content (AvgIpc) is 2.35. The number of amides is 1. The van der Waals surface area contributed by atoms with Crippen LogP contribution in [0.3, 0.4) is 0 Å². The van der Waals surface area contributed by atoms with Crippen molar-refractivity contribution in [2.75, 3.05) is 0 Å². The molecule has 6 heteroatoms. The fourth-order valence-electron chi connectivity index (χ4n) is 1.18. The van der Waals surface area contributed by atoms with Gasteiger partial charge in [0.2, 0.25) is 5.91 Å². The molecule has 0 radical (unpaired) electrons. The van der Waals surface area contributed by atoms with E-state index in [1.165, 1.54) is 12.1 Å². The predicted octanol–water partition coefficient (Wildman–Crippen LogP) is 2.09. The summed E-state index contributed by atoms with van der Waals surface area (Å²) in [5, 5.41) is 14.5. The number of rotatable bonds is 4. The van der Waals surface area contributed by atoms with Crippen molar-refractivity contribution in [1.82, 2.24) is 5.43 Å². The Morgan fingerprint density at radius 1 is 1.44 bits per heavy atom. The molecule has 0 fully saturated rings. The average molecular weight is 249 g/mol. The maximum Gasteiger partial charge on any atom is 0.270 e. The first-order chi connectivity index (χ1) is 8.41. The highest BCUT2D eigenvalue weighted by atomic mass is 16.6. The lowest BCUT2D eigenvalue weighted by atomic mass is 10.1. The third-order valence-corrected chi connectivity index (χ3v) is 2.33. The lowest BCUT2D eigenvalue weighted by molar-refractivity contribution is -0.384. The SMILES string of the molecule is C/C(=N\NC(=O)C(C)C)c1cccc([N+](=O)[O-])c1. The normalized spacial score (nSPS) is 11.4. The van der Waals surface area contributed by atoms with E-state index in [1.807, 2.05) is 0 Å². The molecule has 0 saturated heterocycles. The number of non-ortho nitro benzene ring substituents is 1. The zero-order valence-electron chi connectivity index (χ0n) is 10.5. The second kappa shape index (κ2) is 5.90. The number of nitro groups is 1. The van der Waals surface area contributed by atoms with E-state index in [2.05, 4.69) is 10.5 Å². The monoisotopic (exact) mass is 249 g/mol. The topological polar surface area (TPSA) is 84.6 Å². The van der Waals surface area contributed by atoms with Crippen molar-refractivity contribution < 1.29 is 9.72 Å². The molecule has 0 unspecified atom stereocenters. The van der Waals surface area contributed by atoms with Crippen LogP contribution in [-0.4, -0.2) is 16.5 Å². The molecule has 1 amide bonds. The van der Waals surface area contributed by atoms with E-state index >= 15 is 0 Å². The Balaban J connectivity index is 2.86. The molecule has 96 valence electrons. The Morgan fingerprint density at radius 3 is 2.67 bits per heavy atom. The van der Waals surface area contributed by atoms with Gasteiger partial charge in [-0.15, -0.1) is 0 Å². The van der Waals surface area contributed by atoms with Crippen molar-refractivity contribution >= 4 is 17.3 Å². The van der Waals surface area contributed by atoms with Gasteiger partial charge in [-0.2, -0.15) is 5.10 Å². The van der Waals surface area contributed by atoms with Crippen LogP contribution in [0.5, 0.6) is 0 Å². The van der Waals surface area contributed by atoms with Crippen molar-refractivity contribution in [3.63, 3.8) is 0 Å². The Bertz CT molecular complexity index is 495. The Morgan fingerprint density at radius 2 is 2.11 bits per heavy atom. The summed E-state index contributed by atoms with van der Waals surface area (Å²) in [4.78, 5) is 21.5. The highest BCUT2D eigenvalue weighted by Crippen LogP contribution is 2.13. The number of hydrogen-bond donors (Lipinski definition) is 1. The predicted molar refractivity (Wildman–Crippen MR) is 68.3 cm³/mol. The highest BCUT2D eigenvalue weighted by Gasteiger charge is 2.08. The fourth-order valence-corrected chi connectivity index (χ4v) is 1.18. The van der Waals surface area contributed by atoms with Crippen molar-refractivity contribution in [2.45, 2.75) is 20.8 Å². The van der Waals surface area contributed by atoms with Gasteiger partial charge in [0.15, 0.2) is 0 Å². The number of benzene rings is 1. The molecule has 1 aromatic rings. The summed E-state index contributed by atoms with van der Waals surface area (Å²) in [6, 6.07) is 6.11. The molecular weight excluding hydrogens is 234 g/mol. The number of nitrogens with one attached hydrogen (secondary N) is 1. The second-order valence-electron chi connectivity index (χ2n) is 4.14. The van der Waals surface area contributed by atoms with Crippen LogP contribution in [0.25, 0.3) is 0 Å². The minimum absolute atomic E-state index is 0.00256. The molecule has 0 spiro atoms. The van der Waals surface area contributed by atoms with Gasteiger partial charge in [-0.25, -0.2) is 5.43 Å². The summed E-state index contributed by atoms with van der Waals surface area (Å²) in [6.45, 7) is 5.20. The number of hydrogen-bond acceptors (Lipinski definition) is 4. The van der Waals surface area contributed by atoms with Crippen LogP contribution in [0.2, 0.25) is 0 Å². The van der Waals surface area contributed by atoms with Crippen LogP contribution in [0.15, 0.2) is 29.4 Å². The zero-order chi connectivity index (χ0) is 13.7. The van der Waals surface area contributed by atoms with Crippen molar-refractivity contribution in [3.05, 3.63) is 39.9 Å². The van der Waals surface area contributed by atoms with Crippen LogP contribution >= 0.6 is 0 Å². The van der Waals surface area contributed by atoms with Gasteiger partial charge in [0.05, 0.1) is 10.6 Å². The van der Waals surface area contributed by atoms with E-state index in [4.69, 9.17) is 0 Å². The lowest BCUT2D eigenvalue weighted by Crippen LogP contribution is -2.24. The van der Waals surface area contributed by atoms with Crippen LogP contribution in [0.4, 0.5) is 5.69 Å². The van der Waals surface area contributed by atoms with Crippen LogP contribution < -0.4 is 5.43 Å². The number of nitro benzene ring substituents is 1. The first kappa shape index (κ1) is 13.8. The van der Waals surface area contributed by atoms with E-state index < -0.39 is 4.92 Å². The van der Waals surface area contributed by atoms with E-state index in [1.54, 1.807) is 32.9 Å². The summed E-state index contributed by atoms with van der Waals surface area (Å²) in [6.07, 6.45) is 0. The van der Waals surface area contributed by atoms with Gasteiger partial charge in [0.25, 0.3) is 5.69 Å². The Labute approximate surface area is 105 Å². The molecule has 0 aromatic heterocycles. The van der Waals surface area contributed by atoms with Crippen LogP contribution in [-0.2, 0) is 4.79 Å². The lowest BCUT2D eigenvalue weighted by Gasteiger charge is -2.04. The van der Waals surface area contributed by atoms with E-state index in [9.17, 15) is 14.9 Å². The smallest absolute Gasteiger partial charge is 0.270 e. The third-order valence-electron chi connectivity index (χ3n) is 2.33. The number of nitrogens with zero attached hydrogens (tertiary/aromatic N) is 2. The van der Waals surface area contributed by atoms with Gasteiger partial charge < -0.3 is 0 Å². The molecule has 0 saturated carbocycles. The highest BCUT2D eigenvalue weighted by molar-refractivity contribution is 5.99. The summed E-state index contributed by atoms with van der Waals surface area (Å²) in [7, 11) is 0. The molecule has 1 N–H and O–H groups in total. The molecule has 0 aliphatic carbocycles. The Hall–Kier alpha value is -2.24. The van der Waals surface area contributed by atoms with E-state index in [-0.39, 0.29) is 17.5 Å². The first-order valence-corrected chi connectivity index (χ1v) is 5.50. The first-order valence-electron chi connectivity index (χ1n) is 5.50. The number of hydrazone groups is 1. The maximum absolute atomic E-state index is 11.3. The summed E-state index contributed by atoms with van der Waals surface area (Å²) in [5.41, 5.74) is 3.53. The molecule has 18 heavy (non-hydrogen) atoms. The molecule has 0 aliphatic rings. The molecule has 1 rings (SSSR count). The Kier molecular flexibility index (Phi) is 4.53. The minimum atomic E-state index is -0.469. The standard InChI is InChI=1S/C12H15N3O3/c1-8(2)12(16)14-13-9(3)10-5-4-6-11(7-10)15(17)18/h4-8H,1-3H3,(H,14,16)/b13-9+. The van der Waals surface area contributed by atoms with Crippen molar-refractivity contribution in [3.8, 4) is 0 Å². The fraction of sp³-hybridized carbons (Fsp3) is 0.333. The quantitative estimate of drug-likeness (QED) is 0.503. The van der Waals surface area contributed by atoms with E-state index in [0.29, 0.717) is 11.3 Å². The molecule has 0 heterocycles. The zero-order valence-corrected chi connectivity index (χ0v) is 10.5. The summed E-state index contributed by atoms with van der Waals surface area (Å²) >= 11 is 0. The van der Waals surface area contributed by atoms with Gasteiger partial charge in [-0.05, 0) is 6.92 Å². The third kappa shape index (κ3) is 3.65. The number of carbonyl (C=O) groups excluding carboxylic acids is 1.